The maximum Gasteiger partial charge on any atom is 0.322 e. The normalized spacial score (nSPS) is 18.2. The molecule has 106 valence electrons. The van der Waals surface area contributed by atoms with Gasteiger partial charge in [0.2, 0.25) is 11.9 Å². The molecule has 0 aromatic carbocycles. The van der Waals surface area contributed by atoms with Crippen LogP contribution in [0.3, 0.4) is 0 Å². The average molecular weight is 265 g/mol. The summed E-state index contributed by atoms with van der Waals surface area (Å²) in [6.45, 7) is 9.36. The molecule has 6 nitrogen and oxygen atoms in total. The summed E-state index contributed by atoms with van der Waals surface area (Å²) in [6, 6.07) is 0.366. The molecule has 0 atom stereocenters. The summed E-state index contributed by atoms with van der Waals surface area (Å²) in [6.07, 6.45) is 2.30. The third-order valence-corrected chi connectivity index (χ3v) is 3.52. The molecule has 0 unspecified atom stereocenters. The van der Waals surface area contributed by atoms with Gasteiger partial charge in [-0.1, -0.05) is 13.8 Å². The second-order valence-electron chi connectivity index (χ2n) is 5.63. The lowest BCUT2D eigenvalue weighted by Gasteiger charge is -2.36. The van der Waals surface area contributed by atoms with E-state index in [1.807, 2.05) is 6.92 Å². The molecule has 1 aliphatic heterocycles. The van der Waals surface area contributed by atoms with Crippen molar-refractivity contribution in [1.29, 1.82) is 0 Å². The lowest BCUT2D eigenvalue weighted by atomic mass is 9.83. The van der Waals surface area contributed by atoms with E-state index in [0.29, 0.717) is 23.3 Å². The van der Waals surface area contributed by atoms with E-state index in [4.69, 9.17) is 4.74 Å². The second-order valence-corrected chi connectivity index (χ2v) is 5.63. The van der Waals surface area contributed by atoms with Gasteiger partial charge in [0.15, 0.2) is 0 Å². The van der Waals surface area contributed by atoms with Crippen LogP contribution in [0.2, 0.25) is 0 Å². The summed E-state index contributed by atoms with van der Waals surface area (Å²) in [4.78, 5) is 15.2. The van der Waals surface area contributed by atoms with Gasteiger partial charge in [0, 0.05) is 19.6 Å². The molecule has 0 bridgehead atoms. The van der Waals surface area contributed by atoms with E-state index in [1.165, 1.54) is 0 Å². The molecule has 1 aromatic heterocycles. The minimum atomic E-state index is 0.366. The minimum Gasteiger partial charge on any atom is -0.467 e. The smallest absolute Gasteiger partial charge is 0.322 e. The SMILES string of the molecule is CCNc1nc(OC)nc(N2CCC(C)(C)CC2)n1. The predicted molar refractivity (Wildman–Crippen MR) is 75.8 cm³/mol. The molecule has 0 saturated carbocycles. The molecule has 19 heavy (non-hydrogen) atoms. The number of aromatic nitrogens is 3. The van der Waals surface area contributed by atoms with Gasteiger partial charge in [-0.2, -0.15) is 15.0 Å². The zero-order valence-electron chi connectivity index (χ0n) is 12.2. The van der Waals surface area contributed by atoms with Gasteiger partial charge in [-0.15, -0.1) is 0 Å². The number of nitrogens with zero attached hydrogens (tertiary/aromatic N) is 4. The highest BCUT2D eigenvalue weighted by Crippen LogP contribution is 2.31. The summed E-state index contributed by atoms with van der Waals surface area (Å²) < 4.78 is 5.14. The Balaban J connectivity index is 2.17. The van der Waals surface area contributed by atoms with Crippen LogP contribution in [0, 0.1) is 5.41 Å². The largest absolute Gasteiger partial charge is 0.467 e. The van der Waals surface area contributed by atoms with E-state index >= 15 is 0 Å². The van der Waals surface area contributed by atoms with Crippen LogP contribution >= 0.6 is 0 Å². The Bertz CT molecular complexity index is 425. The van der Waals surface area contributed by atoms with Crippen molar-refractivity contribution in [3.8, 4) is 6.01 Å². The summed E-state index contributed by atoms with van der Waals surface area (Å²) >= 11 is 0. The van der Waals surface area contributed by atoms with Gasteiger partial charge in [0.25, 0.3) is 0 Å². The lowest BCUT2D eigenvalue weighted by Crippen LogP contribution is -2.38. The Hall–Kier alpha value is -1.59. The fraction of sp³-hybridized carbons (Fsp3) is 0.769. The Kier molecular flexibility index (Phi) is 4.07. The summed E-state index contributed by atoms with van der Waals surface area (Å²) in [5.74, 6) is 1.28. The van der Waals surface area contributed by atoms with Gasteiger partial charge in [0.1, 0.15) is 0 Å². The number of ether oxygens (including phenoxy) is 1. The number of anilines is 2. The maximum absolute atomic E-state index is 5.14. The van der Waals surface area contributed by atoms with Crippen molar-refractivity contribution in [2.24, 2.45) is 5.41 Å². The van der Waals surface area contributed by atoms with E-state index in [-0.39, 0.29) is 0 Å². The van der Waals surface area contributed by atoms with Gasteiger partial charge >= 0.3 is 6.01 Å². The summed E-state index contributed by atoms with van der Waals surface area (Å²) in [7, 11) is 1.58. The van der Waals surface area contributed by atoms with Gasteiger partial charge in [0.05, 0.1) is 7.11 Å². The first kappa shape index (κ1) is 13.8. The van der Waals surface area contributed by atoms with Gasteiger partial charge in [-0.3, -0.25) is 0 Å². The lowest BCUT2D eigenvalue weighted by molar-refractivity contribution is 0.277. The first-order chi connectivity index (χ1) is 9.04. The first-order valence-electron chi connectivity index (χ1n) is 6.83. The Morgan fingerprint density at radius 3 is 2.47 bits per heavy atom. The summed E-state index contributed by atoms with van der Waals surface area (Å²) in [5, 5.41) is 3.11. The van der Waals surface area contributed by atoms with Gasteiger partial charge < -0.3 is 15.0 Å². The highest BCUT2D eigenvalue weighted by Gasteiger charge is 2.27. The van der Waals surface area contributed by atoms with Crippen LogP contribution in [0.1, 0.15) is 33.6 Å². The van der Waals surface area contributed by atoms with Crippen LogP contribution in [-0.4, -0.2) is 41.7 Å². The van der Waals surface area contributed by atoms with Gasteiger partial charge in [-0.05, 0) is 25.2 Å². The third kappa shape index (κ3) is 3.45. The Labute approximate surface area is 114 Å². The molecule has 0 spiro atoms. The maximum atomic E-state index is 5.14. The highest BCUT2D eigenvalue weighted by molar-refractivity contribution is 5.38. The molecular weight excluding hydrogens is 242 g/mol. The van der Waals surface area contributed by atoms with Crippen molar-refractivity contribution in [3.05, 3.63) is 0 Å². The molecule has 1 aliphatic rings. The zero-order chi connectivity index (χ0) is 13.9. The molecule has 1 saturated heterocycles. The minimum absolute atomic E-state index is 0.366. The van der Waals surface area contributed by atoms with E-state index in [0.717, 1.165) is 32.5 Å². The molecule has 2 rings (SSSR count). The van der Waals surface area contributed by atoms with E-state index in [1.54, 1.807) is 7.11 Å². The van der Waals surface area contributed by atoms with Crippen LogP contribution in [-0.2, 0) is 0 Å². The average Bonchev–Trinajstić information content (AvgIpc) is 2.38. The zero-order valence-corrected chi connectivity index (χ0v) is 12.2. The van der Waals surface area contributed by atoms with Crippen molar-refractivity contribution < 1.29 is 4.74 Å². The second kappa shape index (κ2) is 5.59. The van der Waals surface area contributed by atoms with Crippen molar-refractivity contribution in [2.75, 3.05) is 37.0 Å². The molecular formula is C13H23N5O. The third-order valence-electron chi connectivity index (χ3n) is 3.52. The number of hydrogen-bond acceptors (Lipinski definition) is 6. The Morgan fingerprint density at radius 1 is 1.21 bits per heavy atom. The monoisotopic (exact) mass is 265 g/mol. The molecule has 1 fully saturated rings. The van der Waals surface area contributed by atoms with E-state index in [9.17, 15) is 0 Å². The van der Waals surface area contributed by atoms with Crippen molar-refractivity contribution in [1.82, 2.24) is 15.0 Å². The van der Waals surface area contributed by atoms with Crippen molar-refractivity contribution >= 4 is 11.9 Å². The van der Waals surface area contributed by atoms with E-state index < -0.39 is 0 Å². The highest BCUT2D eigenvalue weighted by atomic mass is 16.5. The van der Waals surface area contributed by atoms with Crippen molar-refractivity contribution in [2.45, 2.75) is 33.6 Å². The first-order valence-corrected chi connectivity index (χ1v) is 6.83. The fourth-order valence-corrected chi connectivity index (χ4v) is 2.13. The standard InChI is InChI=1S/C13H23N5O/c1-5-14-10-15-11(17-12(16-10)19-4)18-8-6-13(2,3)7-9-18/h5-9H2,1-4H3,(H,14,15,16,17). The molecule has 0 aliphatic carbocycles. The number of rotatable bonds is 4. The molecule has 0 radical (unpaired) electrons. The number of nitrogens with one attached hydrogen (secondary N) is 1. The fourth-order valence-electron chi connectivity index (χ4n) is 2.13. The molecule has 6 heteroatoms. The Morgan fingerprint density at radius 2 is 1.89 bits per heavy atom. The molecule has 0 amide bonds. The van der Waals surface area contributed by atoms with Crippen LogP contribution in [0.15, 0.2) is 0 Å². The molecule has 1 N–H and O–H groups in total. The molecule has 2 heterocycles. The quantitative estimate of drug-likeness (QED) is 0.897. The van der Waals surface area contributed by atoms with Crippen LogP contribution < -0.4 is 15.0 Å². The van der Waals surface area contributed by atoms with Crippen LogP contribution in [0.25, 0.3) is 0 Å². The topological polar surface area (TPSA) is 63.2 Å². The van der Waals surface area contributed by atoms with Crippen molar-refractivity contribution in [3.63, 3.8) is 0 Å². The summed E-state index contributed by atoms with van der Waals surface area (Å²) in [5.41, 5.74) is 0.415. The number of piperidine rings is 1. The van der Waals surface area contributed by atoms with Crippen LogP contribution in [0.5, 0.6) is 6.01 Å². The van der Waals surface area contributed by atoms with E-state index in [2.05, 4.69) is 39.0 Å². The number of hydrogen-bond donors (Lipinski definition) is 1. The predicted octanol–water partition coefficient (Wildman–Crippen LogP) is 1.94. The molecule has 1 aromatic rings. The van der Waals surface area contributed by atoms with Gasteiger partial charge in [-0.25, -0.2) is 0 Å². The number of methoxy groups -OCH3 is 1. The van der Waals surface area contributed by atoms with Crippen LogP contribution in [0.4, 0.5) is 11.9 Å².